The Morgan fingerprint density at radius 2 is 2.35 bits per heavy atom. The largest absolute Gasteiger partial charge is 0.476 e. The summed E-state index contributed by atoms with van der Waals surface area (Å²) in [5.74, 6) is 1.37. The van der Waals surface area contributed by atoms with Crippen LogP contribution in [0.3, 0.4) is 0 Å². The van der Waals surface area contributed by atoms with Gasteiger partial charge in [-0.1, -0.05) is 0 Å². The van der Waals surface area contributed by atoms with Crippen LogP contribution in [0.15, 0.2) is 6.07 Å². The minimum atomic E-state index is 0.639. The molecule has 0 radical (unpaired) electrons. The molecule has 92 valence electrons. The number of rotatable bonds is 3. The first-order valence-electron chi connectivity index (χ1n) is 6.32. The van der Waals surface area contributed by atoms with Crippen LogP contribution in [0.4, 0.5) is 5.69 Å². The van der Waals surface area contributed by atoms with Crippen molar-refractivity contribution in [3.63, 3.8) is 0 Å². The summed E-state index contributed by atoms with van der Waals surface area (Å²) in [5.41, 5.74) is 9.07. The van der Waals surface area contributed by atoms with E-state index in [1.165, 1.54) is 18.4 Å². The monoisotopic (exact) mass is 233 g/mol. The van der Waals surface area contributed by atoms with Crippen molar-refractivity contribution in [3.8, 4) is 5.88 Å². The van der Waals surface area contributed by atoms with Crippen LogP contribution in [0, 0.1) is 5.92 Å². The molecule has 1 aliphatic heterocycles. The number of hydrogen-bond donors (Lipinski definition) is 1. The lowest BCUT2D eigenvalue weighted by Gasteiger charge is -2.25. The van der Waals surface area contributed by atoms with Gasteiger partial charge in [0.25, 0.3) is 0 Å². The normalized spacial score (nSPS) is 20.1. The van der Waals surface area contributed by atoms with Crippen molar-refractivity contribution < 1.29 is 4.74 Å². The quantitative estimate of drug-likeness (QED) is 0.858. The van der Waals surface area contributed by atoms with Crippen molar-refractivity contribution in [3.05, 3.63) is 17.3 Å². The Kier molecular flexibility index (Phi) is 2.67. The number of nitrogens with two attached hydrogens (primary N) is 1. The third-order valence-electron chi connectivity index (χ3n) is 3.51. The lowest BCUT2D eigenvalue weighted by atomic mass is 10.1. The molecule has 1 saturated carbocycles. The molecule has 17 heavy (non-hydrogen) atoms. The summed E-state index contributed by atoms with van der Waals surface area (Å²) in [6.07, 6.45) is 3.57. The molecule has 1 aromatic heterocycles. The maximum atomic E-state index is 5.99. The SMILES string of the molecule is CN1CCc2nc(OCC3CC3)c(N)cc2C1. The zero-order chi connectivity index (χ0) is 11.8. The van der Waals surface area contributed by atoms with Gasteiger partial charge in [-0.2, -0.15) is 0 Å². The Hall–Kier alpha value is -1.29. The summed E-state index contributed by atoms with van der Waals surface area (Å²) < 4.78 is 5.70. The number of hydrogen-bond acceptors (Lipinski definition) is 4. The maximum Gasteiger partial charge on any atom is 0.237 e. The summed E-state index contributed by atoms with van der Waals surface area (Å²) in [5, 5.41) is 0. The predicted octanol–water partition coefficient (Wildman–Crippen LogP) is 1.44. The standard InChI is InChI=1S/C13H19N3O/c1-16-5-4-12-10(7-16)6-11(14)13(15-12)17-8-9-2-3-9/h6,9H,2-5,7-8,14H2,1H3. The molecule has 0 unspecified atom stereocenters. The molecule has 0 spiro atoms. The molecule has 3 rings (SSSR count). The Balaban J connectivity index is 1.79. The molecule has 0 bridgehead atoms. The molecule has 4 nitrogen and oxygen atoms in total. The fraction of sp³-hybridized carbons (Fsp3) is 0.615. The van der Waals surface area contributed by atoms with Gasteiger partial charge < -0.3 is 15.4 Å². The third-order valence-corrected chi connectivity index (χ3v) is 3.51. The molecule has 0 saturated heterocycles. The number of pyridine rings is 1. The predicted molar refractivity (Wildman–Crippen MR) is 66.9 cm³/mol. The second-order valence-electron chi connectivity index (χ2n) is 5.23. The van der Waals surface area contributed by atoms with Gasteiger partial charge in [0.15, 0.2) is 0 Å². The van der Waals surface area contributed by atoms with Crippen LogP contribution in [-0.4, -0.2) is 30.1 Å². The van der Waals surface area contributed by atoms with Gasteiger partial charge >= 0.3 is 0 Å². The van der Waals surface area contributed by atoms with Gasteiger partial charge in [0.05, 0.1) is 18.0 Å². The van der Waals surface area contributed by atoms with Crippen molar-refractivity contribution in [1.82, 2.24) is 9.88 Å². The van der Waals surface area contributed by atoms with E-state index in [4.69, 9.17) is 10.5 Å². The van der Waals surface area contributed by atoms with Crippen molar-refractivity contribution in [1.29, 1.82) is 0 Å². The molecule has 2 heterocycles. The maximum absolute atomic E-state index is 5.99. The van der Waals surface area contributed by atoms with Gasteiger partial charge in [0.1, 0.15) is 0 Å². The van der Waals surface area contributed by atoms with Crippen LogP contribution < -0.4 is 10.5 Å². The number of likely N-dealkylation sites (N-methyl/N-ethyl adjacent to an activating group) is 1. The summed E-state index contributed by atoms with van der Waals surface area (Å²) in [6, 6.07) is 2.03. The molecule has 0 amide bonds. The molecule has 4 heteroatoms. The molecule has 1 aliphatic carbocycles. The van der Waals surface area contributed by atoms with Crippen molar-refractivity contribution in [2.24, 2.45) is 5.92 Å². The van der Waals surface area contributed by atoms with Gasteiger partial charge in [-0.3, -0.25) is 0 Å². The molecule has 1 aromatic rings. The average Bonchev–Trinajstić information content (AvgIpc) is 3.10. The van der Waals surface area contributed by atoms with E-state index in [9.17, 15) is 0 Å². The molecule has 2 N–H and O–H groups in total. The molecular formula is C13H19N3O. The average molecular weight is 233 g/mol. The Morgan fingerprint density at radius 1 is 1.53 bits per heavy atom. The lowest BCUT2D eigenvalue weighted by Crippen LogP contribution is -2.27. The number of ether oxygens (including phenoxy) is 1. The number of fused-ring (bicyclic) bond motifs is 1. The van der Waals surface area contributed by atoms with Gasteiger partial charge in [-0.15, -0.1) is 0 Å². The molecule has 0 atom stereocenters. The molecule has 1 fully saturated rings. The Bertz CT molecular complexity index is 429. The highest BCUT2D eigenvalue weighted by Crippen LogP contribution is 2.31. The fourth-order valence-corrected chi connectivity index (χ4v) is 2.21. The van der Waals surface area contributed by atoms with E-state index >= 15 is 0 Å². The number of aromatic nitrogens is 1. The fourth-order valence-electron chi connectivity index (χ4n) is 2.21. The molecule has 2 aliphatic rings. The smallest absolute Gasteiger partial charge is 0.237 e. The van der Waals surface area contributed by atoms with Gasteiger partial charge in [0.2, 0.25) is 5.88 Å². The van der Waals surface area contributed by atoms with Crippen LogP contribution in [0.5, 0.6) is 5.88 Å². The van der Waals surface area contributed by atoms with Gasteiger partial charge in [-0.05, 0) is 37.4 Å². The summed E-state index contributed by atoms with van der Waals surface area (Å²) in [6.45, 7) is 2.78. The number of nitrogens with zero attached hydrogens (tertiary/aromatic N) is 2. The highest BCUT2D eigenvalue weighted by molar-refractivity contribution is 5.51. The minimum Gasteiger partial charge on any atom is -0.476 e. The van der Waals surface area contributed by atoms with E-state index in [1.807, 2.05) is 6.07 Å². The van der Waals surface area contributed by atoms with Crippen LogP contribution in [0.2, 0.25) is 0 Å². The van der Waals surface area contributed by atoms with Crippen molar-refractivity contribution in [2.45, 2.75) is 25.8 Å². The first kappa shape index (κ1) is 10.8. The topological polar surface area (TPSA) is 51.4 Å². The van der Waals surface area contributed by atoms with Crippen LogP contribution in [-0.2, 0) is 13.0 Å². The zero-order valence-electron chi connectivity index (χ0n) is 10.3. The van der Waals surface area contributed by atoms with E-state index in [1.54, 1.807) is 0 Å². The van der Waals surface area contributed by atoms with Crippen LogP contribution >= 0.6 is 0 Å². The summed E-state index contributed by atoms with van der Waals surface area (Å²) in [4.78, 5) is 6.86. The van der Waals surface area contributed by atoms with Gasteiger partial charge in [0, 0.05) is 19.5 Å². The summed E-state index contributed by atoms with van der Waals surface area (Å²) in [7, 11) is 2.12. The first-order chi connectivity index (χ1) is 8.22. The van der Waals surface area contributed by atoms with E-state index in [0.717, 1.165) is 37.7 Å². The van der Waals surface area contributed by atoms with E-state index in [2.05, 4.69) is 16.9 Å². The van der Waals surface area contributed by atoms with E-state index in [-0.39, 0.29) is 0 Å². The summed E-state index contributed by atoms with van der Waals surface area (Å²) >= 11 is 0. The van der Waals surface area contributed by atoms with Crippen molar-refractivity contribution >= 4 is 5.69 Å². The second-order valence-corrected chi connectivity index (χ2v) is 5.23. The van der Waals surface area contributed by atoms with Crippen LogP contribution in [0.1, 0.15) is 24.1 Å². The number of nitrogen functional groups attached to an aromatic ring is 1. The Labute approximate surface area is 102 Å². The Morgan fingerprint density at radius 3 is 3.12 bits per heavy atom. The van der Waals surface area contributed by atoms with Crippen LogP contribution in [0.25, 0.3) is 0 Å². The molecular weight excluding hydrogens is 214 g/mol. The second kappa shape index (κ2) is 4.18. The van der Waals surface area contributed by atoms with Gasteiger partial charge in [-0.25, -0.2) is 4.98 Å². The lowest BCUT2D eigenvalue weighted by molar-refractivity contribution is 0.282. The highest BCUT2D eigenvalue weighted by atomic mass is 16.5. The first-order valence-corrected chi connectivity index (χ1v) is 6.32. The van der Waals surface area contributed by atoms with E-state index in [0.29, 0.717) is 11.6 Å². The minimum absolute atomic E-state index is 0.639. The van der Waals surface area contributed by atoms with E-state index < -0.39 is 0 Å². The third kappa shape index (κ3) is 2.36. The van der Waals surface area contributed by atoms with Crippen molar-refractivity contribution in [2.75, 3.05) is 25.9 Å². The molecule has 0 aromatic carbocycles. The zero-order valence-corrected chi connectivity index (χ0v) is 10.3. The highest BCUT2D eigenvalue weighted by Gasteiger charge is 2.23. The number of anilines is 1.